The molecule has 0 aliphatic heterocycles. The molecule has 0 amide bonds. The molecule has 18 heavy (non-hydrogen) atoms. The number of hydrogen-bond acceptors (Lipinski definition) is 4. The minimum absolute atomic E-state index is 0.316. The summed E-state index contributed by atoms with van der Waals surface area (Å²) < 4.78 is 0. The van der Waals surface area contributed by atoms with Crippen LogP contribution in [0.4, 0.5) is 0 Å². The maximum atomic E-state index is 4.20. The minimum atomic E-state index is 0.316. The Labute approximate surface area is 115 Å². The Kier molecular flexibility index (Phi) is 4.76. The summed E-state index contributed by atoms with van der Waals surface area (Å²) in [6, 6.07) is 0.522. The quantitative estimate of drug-likeness (QED) is 0.888. The van der Waals surface area contributed by atoms with Crippen LogP contribution in [0.1, 0.15) is 37.0 Å². The Bertz CT molecular complexity index is 342. The number of thiazole rings is 1. The lowest BCUT2D eigenvalue weighted by molar-refractivity contribution is 0.0601. The maximum Gasteiger partial charge on any atom is 0.0794 e. The van der Waals surface area contributed by atoms with Crippen molar-refractivity contribution in [2.24, 2.45) is 0 Å². The van der Waals surface area contributed by atoms with Crippen LogP contribution in [-0.4, -0.2) is 42.6 Å². The van der Waals surface area contributed by atoms with Crippen molar-refractivity contribution in [3.8, 4) is 0 Å². The van der Waals surface area contributed by atoms with Gasteiger partial charge in [0.1, 0.15) is 0 Å². The summed E-state index contributed by atoms with van der Waals surface area (Å²) in [5.41, 5.74) is 2.25. The fraction of sp³-hybridized carbons (Fsp3) is 0.786. The van der Waals surface area contributed by atoms with Gasteiger partial charge in [-0.1, -0.05) is 19.3 Å². The number of aromatic nitrogens is 1. The fourth-order valence-corrected chi connectivity index (χ4v) is 4.02. The van der Waals surface area contributed by atoms with Crippen LogP contribution in [0.3, 0.4) is 0 Å². The highest BCUT2D eigenvalue weighted by Gasteiger charge is 2.40. The molecule has 102 valence electrons. The highest BCUT2D eigenvalue weighted by molar-refractivity contribution is 7.09. The molecular formula is C14H25N3S. The van der Waals surface area contributed by atoms with Crippen molar-refractivity contribution in [2.45, 2.75) is 50.1 Å². The Hall–Kier alpha value is -0.450. The molecule has 1 fully saturated rings. The summed E-state index contributed by atoms with van der Waals surface area (Å²) in [5.74, 6) is 0. The molecule has 0 spiro atoms. The van der Waals surface area contributed by atoms with Crippen molar-refractivity contribution in [1.82, 2.24) is 15.2 Å². The van der Waals surface area contributed by atoms with Crippen molar-refractivity contribution >= 4 is 11.3 Å². The first-order chi connectivity index (χ1) is 8.69. The van der Waals surface area contributed by atoms with Gasteiger partial charge in [-0.15, -0.1) is 11.3 Å². The van der Waals surface area contributed by atoms with Gasteiger partial charge in [-0.05, 0) is 34.0 Å². The average Bonchev–Trinajstić information content (AvgIpc) is 2.89. The van der Waals surface area contributed by atoms with Gasteiger partial charge in [-0.3, -0.25) is 4.98 Å². The number of likely N-dealkylation sites (N-methyl/N-ethyl adjacent to an activating group) is 2. The van der Waals surface area contributed by atoms with Crippen LogP contribution in [0.2, 0.25) is 0 Å². The molecule has 2 rings (SSSR count). The molecule has 0 aromatic carbocycles. The van der Waals surface area contributed by atoms with Gasteiger partial charge < -0.3 is 10.2 Å². The molecule has 3 nitrogen and oxygen atoms in total. The van der Waals surface area contributed by atoms with E-state index in [1.54, 1.807) is 11.3 Å². The highest BCUT2D eigenvalue weighted by atomic mass is 32.1. The van der Waals surface area contributed by atoms with Gasteiger partial charge in [0.2, 0.25) is 0 Å². The molecule has 1 N–H and O–H groups in total. The molecule has 1 heterocycles. The second-order valence-electron chi connectivity index (χ2n) is 5.57. The predicted molar refractivity (Wildman–Crippen MR) is 78.2 cm³/mol. The summed E-state index contributed by atoms with van der Waals surface area (Å²) in [6.45, 7) is 0. The SMILES string of the molecule is CNC(Cc1cncs1)C1(N(C)C)CCCCC1. The summed E-state index contributed by atoms with van der Waals surface area (Å²) in [5, 5.41) is 3.57. The second-order valence-corrected chi connectivity index (χ2v) is 6.54. The van der Waals surface area contributed by atoms with Gasteiger partial charge in [0, 0.05) is 29.1 Å². The van der Waals surface area contributed by atoms with Gasteiger partial charge in [-0.25, -0.2) is 0 Å². The van der Waals surface area contributed by atoms with E-state index in [0.717, 1.165) is 6.42 Å². The molecule has 1 aromatic rings. The normalized spacial score (nSPS) is 21.1. The standard InChI is InChI=1S/C14H25N3S/c1-15-13(9-12-10-16-11-18-12)14(17(2)3)7-5-4-6-8-14/h10-11,13,15H,4-9H2,1-3H3. The Balaban J connectivity index is 2.16. The molecule has 1 atom stereocenters. The molecule has 0 bridgehead atoms. The number of nitrogens with one attached hydrogen (secondary N) is 1. The third-order valence-electron chi connectivity index (χ3n) is 4.50. The molecule has 0 saturated heterocycles. The minimum Gasteiger partial charge on any atom is -0.315 e. The van der Waals surface area contributed by atoms with Crippen LogP contribution in [0.25, 0.3) is 0 Å². The molecule has 0 radical (unpaired) electrons. The smallest absolute Gasteiger partial charge is 0.0794 e. The first-order valence-corrected chi connectivity index (χ1v) is 7.79. The lowest BCUT2D eigenvalue weighted by Gasteiger charge is -2.48. The molecule has 1 aliphatic rings. The van der Waals surface area contributed by atoms with Crippen LogP contribution in [0.5, 0.6) is 0 Å². The van der Waals surface area contributed by atoms with E-state index in [4.69, 9.17) is 0 Å². The average molecular weight is 267 g/mol. The zero-order chi connectivity index (χ0) is 13.0. The maximum absolute atomic E-state index is 4.20. The molecule has 1 unspecified atom stereocenters. The molecule has 1 aliphatic carbocycles. The van der Waals surface area contributed by atoms with E-state index in [9.17, 15) is 0 Å². The zero-order valence-electron chi connectivity index (χ0n) is 11.8. The third-order valence-corrected chi connectivity index (χ3v) is 5.30. The lowest BCUT2D eigenvalue weighted by atomic mass is 9.74. The van der Waals surface area contributed by atoms with Crippen LogP contribution in [-0.2, 0) is 6.42 Å². The zero-order valence-corrected chi connectivity index (χ0v) is 12.6. The van der Waals surface area contributed by atoms with Gasteiger partial charge in [0.15, 0.2) is 0 Å². The van der Waals surface area contributed by atoms with E-state index in [0.29, 0.717) is 11.6 Å². The second kappa shape index (κ2) is 6.13. The van der Waals surface area contributed by atoms with Gasteiger partial charge in [-0.2, -0.15) is 0 Å². The molecule has 1 aromatic heterocycles. The third kappa shape index (κ3) is 2.76. The van der Waals surface area contributed by atoms with Crippen molar-refractivity contribution in [2.75, 3.05) is 21.1 Å². The number of rotatable bonds is 5. The van der Waals surface area contributed by atoms with Crippen molar-refractivity contribution < 1.29 is 0 Å². The summed E-state index contributed by atoms with van der Waals surface area (Å²) in [7, 11) is 6.58. The largest absolute Gasteiger partial charge is 0.315 e. The van der Waals surface area contributed by atoms with Crippen LogP contribution < -0.4 is 5.32 Å². The Morgan fingerprint density at radius 3 is 2.61 bits per heavy atom. The van der Waals surface area contributed by atoms with Gasteiger partial charge in [0.05, 0.1) is 5.51 Å². The summed E-state index contributed by atoms with van der Waals surface area (Å²) >= 11 is 1.77. The van der Waals surface area contributed by atoms with E-state index < -0.39 is 0 Å². The topological polar surface area (TPSA) is 28.2 Å². The first-order valence-electron chi connectivity index (χ1n) is 6.91. The molecular weight excluding hydrogens is 242 g/mol. The molecule has 4 heteroatoms. The Morgan fingerprint density at radius 2 is 2.11 bits per heavy atom. The summed E-state index contributed by atoms with van der Waals surface area (Å²) in [4.78, 5) is 8.04. The van der Waals surface area contributed by atoms with E-state index in [-0.39, 0.29) is 0 Å². The van der Waals surface area contributed by atoms with E-state index in [2.05, 4.69) is 36.3 Å². The van der Waals surface area contributed by atoms with Gasteiger partial charge >= 0.3 is 0 Å². The van der Waals surface area contributed by atoms with Crippen LogP contribution in [0, 0.1) is 0 Å². The number of hydrogen-bond donors (Lipinski definition) is 1. The van der Waals surface area contributed by atoms with Crippen LogP contribution in [0.15, 0.2) is 11.7 Å². The number of nitrogens with zero attached hydrogens (tertiary/aromatic N) is 2. The van der Waals surface area contributed by atoms with Crippen molar-refractivity contribution in [1.29, 1.82) is 0 Å². The van der Waals surface area contributed by atoms with Crippen molar-refractivity contribution in [3.63, 3.8) is 0 Å². The summed E-state index contributed by atoms with van der Waals surface area (Å²) in [6.07, 6.45) is 9.85. The Morgan fingerprint density at radius 1 is 1.39 bits per heavy atom. The van der Waals surface area contributed by atoms with E-state index >= 15 is 0 Å². The van der Waals surface area contributed by atoms with Gasteiger partial charge in [0.25, 0.3) is 0 Å². The predicted octanol–water partition coefficient (Wildman–Crippen LogP) is 2.54. The molecule has 1 saturated carbocycles. The van der Waals surface area contributed by atoms with E-state index in [1.807, 2.05) is 11.7 Å². The monoisotopic (exact) mass is 267 g/mol. The van der Waals surface area contributed by atoms with Crippen molar-refractivity contribution in [3.05, 3.63) is 16.6 Å². The first kappa shape index (κ1) is 14.0. The highest BCUT2D eigenvalue weighted by Crippen LogP contribution is 2.36. The van der Waals surface area contributed by atoms with E-state index in [1.165, 1.54) is 37.0 Å². The fourth-order valence-electron chi connectivity index (χ4n) is 3.38. The van der Waals surface area contributed by atoms with Crippen LogP contribution >= 0.6 is 11.3 Å². The lowest BCUT2D eigenvalue weighted by Crippen LogP contribution is -2.60.